The Morgan fingerprint density at radius 1 is 1.04 bits per heavy atom. The average Bonchev–Trinajstić information content (AvgIpc) is 2.53. The lowest BCUT2D eigenvalue weighted by Gasteiger charge is -2.35. The minimum absolute atomic E-state index is 0.256. The highest BCUT2D eigenvalue weighted by Gasteiger charge is 2.35. The Bertz CT molecular complexity index is 783. The smallest absolute Gasteiger partial charge is 0.200 e. The molecule has 2 aromatic rings. The average molecular weight is 316 g/mol. The minimum atomic E-state index is -0.767. The fourth-order valence-corrected chi connectivity index (χ4v) is 2.75. The first-order valence-corrected chi connectivity index (χ1v) is 7.62. The van der Waals surface area contributed by atoms with Gasteiger partial charge in [-0.25, -0.2) is 13.8 Å². The zero-order valence-corrected chi connectivity index (χ0v) is 13.1. The molecular formula is C18H18F2N2O. The second kappa shape index (κ2) is 5.65. The van der Waals surface area contributed by atoms with E-state index in [4.69, 9.17) is 10.5 Å². The first-order valence-electron chi connectivity index (χ1n) is 7.62. The van der Waals surface area contributed by atoms with Crippen LogP contribution in [-0.2, 0) is 0 Å². The van der Waals surface area contributed by atoms with Crippen LogP contribution in [0.3, 0.4) is 0 Å². The van der Waals surface area contributed by atoms with E-state index in [9.17, 15) is 8.78 Å². The van der Waals surface area contributed by atoms with E-state index in [0.717, 1.165) is 6.07 Å². The predicted octanol–water partition coefficient (Wildman–Crippen LogP) is 4.29. The fourth-order valence-electron chi connectivity index (χ4n) is 2.75. The topological polar surface area (TPSA) is 47.6 Å². The maximum absolute atomic E-state index is 14.3. The van der Waals surface area contributed by atoms with Gasteiger partial charge in [-0.2, -0.15) is 0 Å². The maximum atomic E-state index is 14.3. The normalized spacial score (nSPS) is 15.6. The Balaban J connectivity index is 2.24. The van der Waals surface area contributed by atoms with Gasteiger partial charge in [0.1, 0.15) is 17.4 Å². The number of benzene rings is 2. The Labute approximate surface area is 133 Å². The molecule has 3 nitrogen and oxygen atoms in total. The SMILES string of the molecule is CCC1(CC)N=C(c2ccc(F)cc2F)c2ccc(N)cc2O1. The quantitative estimate of drug-likeness (QED) is 0.859. The molecule has 23 heavy (non-hydrogen) atoms. The number of hydrogen-bond acceptors (Lipinski definition) is 3. The van der Waals surface area contributed by atoms with Crippen LogP contribution in [0.25, 0.3) is 0 Å². The molecule has 0 aliphatic carbocycles. The number of hydrogen-bond donors (Lipinski definition) is 1. The van der Waals surface area contributed by atoms with Crippen LogP contribution in [0, 0.1) is 11.6 Å². The van der Waals surface area contributed by atoms with Crippen LogP contribution in [-0.4, -0.2) is 11.4 Å². The summed E-state index contributed by atoms with van der Waals surface area (Å²) in [6.45, 7) is 3.92. The van der Waals surface area contributed by atoms with E-state index in [-0.39, 0.29) is 5.56 Å². The molecule has 1 heterocycles. The van der Waals surface area contributed by atoms with Crippen molar-refractivity contribution in [1.29, 1.82) is 0 Å². The Hall–Kier alpha value is -2.43. The highest BCUT2D eigenvalue weighted by molar-refractivity contribution is 6.15. The summed E-state index contributed by atoms with van der Waals surface area (Å²) >= 11 is 0. The summed E-state index contributed by atoms with van der Waals surface area (Å²) in [5.41, 5.74) is 7.01. The number of aliphatic imine (C=N–C) groups is 1. The second-order valence-electron chi connectivity index (χ2n) is 5.60. The van der Waals surface area contributed by atoms with Crippen molar-refractivity contribution >= 4 is 11.4 Å². The fraction of sp³-hybridized carbons (Fsp3) is 0.278. The molecule has 0 aromatic heterocycles. The van der Waals surface area contributed by atoms with Gasteiger partial charge >= 0.3 is 0 Å². The molecular weight excluding hydrogens is 298 g/mol. The molecule has 0 bridgehead atoms. The predicted molar refractivity (Wildman–Crippen MR) is 86.8 cm³/mol. The van der Waals surface area contributed by atoms with E-state index >= 15 is 0 Å². The molecule has 1 aliphatic heterocycles. The third-order valence-electron chi connectivity index (χ3n) is 4.17. The Morgan fingerprint density at radius 3 is 2.39 bits per heavy atom. The molecule has 0 radical (unpaired) electrons. The van der Waals surface area contributed by atoms with Crippen LogP contribution in [0.2, 0.25) is 0 Å². The molecule has 2 aromatic carbocycles. The monoisotopic (exact) mass is 316 g/mol. The Kier molecular flexibility index (Phi) is 3.80. The number of rotatable bonds is 3. The molecule has 120 valence electrons. The number of anilines is 1. The van der Waals surface area contributed by atoms with Gasteiger partial charge in [-0.3, -0.25) is 0 Å². The number of nitrogen functional groups attached to an aromatic ring is 1. The summed E-state index contributed by atoms with van der Waals surface area (Å²) in [6.07, 6.45) is 1.26. The van der Waals surface area contributed by atoms with Gasteiger partial charge in [-0.15, -0.1) is 0 Å². The molecule has 2 N–H and O–H groups in total. The minimum Gasteiger partial charge on any atom is -0.465 e. The highest BCUT2D eigenvalue weighted by Crippen LogP contribution is 2.37. The number of nitrogens with zero attached hydrogens (tertiary/aromatic N) is 1. The highest BCUT2D eigenvalue weighted by atomic mass is 19.1. The third-order valence-corrected chi connectivity index (χ3v) is 4.17. The number of fused-ring (bicyclic) bond motifs is 1. The molecule has 1 aliphatic rings. The van der Waals surface area contributed by atoms with Crippen LogP contribution >= 0.6 is 0 Å². The van der Waals surface area contributed by atoms with Gasteiger partial charge in [0.05, 0.1) is 5.71 Å². The molecule has 0 saturated heterocycles. The van der Waals surface area contributed by atoms with Crippen molar-refractivity contribution in [1.82, 2.24) is 0 Å². The van der Waals surface area contributed by atoms with Crippen molar-refractivity contribution < 1.29 is 13.5 Å². The molecule has 0 atom stereocenters. The summed E-state index contributed by atoms with van der Waals surface area (Å²) in [4.78, 5) is 4.67. The standard InChI is InChI=1S/C18H18F2N2O/c1-3-18(4-2)22-17(13-7-5-11(19)9-15(13)20)14-8-6-12(21)10-16(14)23-18/h5-10H,3-4,21H2,1-2H3. The van der Waals surface area contributed by atoms with Gasteiger partial charge in [-0.05, 0) is 24.3 Å². The van der Waals surface area contributed by atoms with Crippen LogP contribution in [0.5, 0.6) is 5.75 Å². The van der Waals surface area contributed by atoms with Crippen LogP contribution < -0.4 is 10.5 Å². The summed E-state index contributed by atoms with van der Waals surface area (Å²) < 4.78 is 33.6. The lowest BCUT2D eigenvalue weighted by Crippen LogP contribution is -2.37. The maximum Gasteiger partial charge on any atom is 0.200 e. The second-order valence-corrected chi connectivity index (χ2v) is 5.60. The van der Waals surface area contributed by atoms with Crippen molar-refractivity contribution in [2.75, 3.05) is 5.73 Å². The van der Waals surface area contributed by atoms with Gasteiger partial charge in [-0.1, -0.05) is 13.8 Å². The van der Waals surface area contributed by atoms with Gasteiger partial charge in [0, 0.05) is 41.8 Å². The van der Waals surface area contributed by atoms with Gasteiger partial charge < -0.3 is 10.5 Å². The van der Waals surface area contributed by atoms with E-state index in [0.29, 0.717) is 35.6 Å². The lowest BCUT2D eigenvalue weighted by molar-refractivity contribution is 0.0660. The molecule has 0 saturated carbocycles. The van der Waals surface area contributed by atoms with E-state index < -0.39 is 17.4 Å². The van der Waals surface area contributed by atoms with E-state index in [2.05, 4.69) is 4.99 Å². The van der Waals surface area contributed by atoms with Crippen LogP contribution in [0.4, 0.5) is 14.5 Å². The molecule has 3 rings (SSSR count). The van der Waals surface area contributed by atoms with Gasteiger partial charge in [0.15, 0.2) is 5.72 Å². The number of halogens is 2. The van der Waals surface area contributed by atoms with Gasteiger partial charge in [0.2, 0.25) is 0 Å². The van der Waals surface area contributed by atoms with Crippen molar-refractivity contribution in [2.24, 2.45) is 4.99 Å². The molecule has 0 amide bonds. The van der Waals surface area contributed by atoms with E-state index in [1.807, 2.05) is 13.8 Å². The zero-order valence-electron chi connectivity index (χ0n) is 13.1. The largest absolute Gasteiger partial charge is 0.465 e. The molecule has 0 spiro atoms. The summed E-state index contributed by atoms with van der Waals surface area (Å²) in [6, 6.07) is 8.68. The third kappa shape index (κ3) is 2.67. The molecule has 0 unspecified atom stereocenters. The van der Waals surface area contributed by atoms with Crippen LogP contribution in [0.1, 0.15) is 37.8 Å². The molecule has 0 fully saturated rings. The van der Waals surface area contributed by atoms with Crippen molar-refractivity contribution in [3.63, 3.8) is 0 Å². The van der Waals surface area contributed by atoms with Crippen molar-refractivity contribution in [3.05, 3.63) is 59.2 Å². The zero-order chi connectivity index (χ0) is 16.6. The summed E-state index contributed by atoms with van der Waals surface area (Å²) in [5.74, 6) is -0.689. The van der Waals surface area contributed by atoms with Crippen LogP contribution in [0.15, 0.2) is 41.4 Å². The number of nitrogens with two attached hydrogens (primary N) is 1. The molecule has 5 heteroatoms. The van der Waals surface area contributed by atoms with Crippen molar-refractivity contribution in [3.8, 4) is 5.75 Å². The summed E-state index contributed by atoms with van der Waals surface area (Å²) in [5, 5.41) is 0. The number of ether oxygens (including phenoxy) is 1. The lowest BCUT2D eigenvalue weighted by atomic mass is 9.96. The summed E-state index contributed by atoms with van der Waals surface area (Å²) in [7, 11) is 0. The first-order chi connectivity index (χ1) is 11.0. The van der Waals surface area contributed by atoms with Gasteiger partial charge in [0.25, 0.3) is 0 Å². The van der Waals surface area contributed by atoms with E-state index in [1.165, 1.54) is 12.1 Å². The Morgan fingerprint density at radius 2 is 1.74 bits per heavy atom. The van der Waals surface area contributed by atoms with Crippen molar-refractivity contribution in [2.45, 2.75) is 32.4 Å². The first kappa shape index (κ1) is 15.5. The van der Waals surface area contributed by atoms with E-state index in [1.54, 1.807) is 18.2 Å².